The van der Waals surface area contributed by atoms with Gasteiger partial charge in [-0.25, -0.2) is 12.8 Å². The van der Waals surface area contributed by atoms with Crippen molar-refractivity contribution in [1.29, 1.82) is 0 Å². The average molecular weight is 412 g/mol. The summed E-state index contributed by atoms with van der Waals surface area (Å²) in [5.74, 6) is -1.18. The number of hydrogen-bond acceptors (Lipinski definition) is 4. The highest BCUT2D eigenvalue weighted by atomic mass is 32.2. The smallest absolute Gasteiger partial charge is 0.261 e. The van der Waals surface area contributed by atoms with E-state index in [2.05, 4.69) is 10.0 Å². The number of hydrogen-bond donors (Lipinski definition) is 2. The molecule has 0 saturated heterocycles. The fourth-order valence-electron chi connectivity index (χ4n) is 2.57. The number of rotatable bonds is 6. The summed E-state index contributed by atoms with van der Waals surface area (Å²) >= 11 is 0. The first-order chi connectivity index (χ1) is 13.8. The lowest BCUT2D eigenvalue weighted by Gasteiger charge is -2.13. The largest absolute Gasteiger partial charge is 0.322 e. The number of amides is 1. The first-order valence-electron chi connectivity index (χ1n) is 8.56. The van der Waals surface area contributed by atoms with E-state index in [-0.39, 0.29) is 21.9 Å². The molecule has 0 bridgehead atoms. The van der Waals surface area contributed by atoms with Crippen molar-refractivity contribution in [3.05, 3.63) is 89.7 Å². The van der Waals surface area contributed by atoms with Gasteiger partial charge in [0.25, 0.3) is 15.9 Å². The predicted molar refractivity (Wildman–Crippen MR) is 108 cm³/mol. The molecule has 3 aromatic carbocycles. The highest BCUT2D eigenvalue weighted by molar-refractivity contribution is 7.92. The Labute approximate surface area is 167 Å². The Hall–Kier alpha value is -3.52. The van der Waals surface area contributed by atoms with Crippen LogP contribution in [0.15, 0.2) is 77.7 Å². The van der Waals surface area contributed by atoms with Crippen molar-refractivity contribution in [2.24, 2.45) is 0 Å². The number of halogens is 1. The first kappa shape index (κ1) is 20.2. The zero-order valence-corrected chi connectivity index (χ0v) is 16.2. The fraction of sp³-hybridized carbons (Fsp3) is 0.0476. The van der Waals surface area contributed by atoms with Gasteiger partial charge in [0.2, 0.25) is 0 Å². The van der Waals surface area contributed by atoms with E-state index in [1.54, 1.807) is 36.4 Å². The molecule has 0 heterocycles. The van der Waals surface area contributed by atoms with Crippen LogP contribution in [0.25, 0.3) is 0 Å². The molecule has 0 aromatic heterocycles. The van der Waals surface area contributed by atoms with Crippen LogP contribution in [0, 0.1) is 5.82 Å². The number of para-hydroxylation sites is 1. The molecule has 0 atom stereocenters. The molecule has 0 radical (unpaired) electrons. The van der Waals surface area contributed by atoms with Gasteiger partial charge in [0, 0.05) is 11.3 Å². The van der Waals surface area contributed by atoms with Crippen molar-refractivity contribution in [2.45, 2.75) is 11.8 Å². The van der Waals surface area contributed by atoms with E-state index in [4.69, 9.17) is 0 Å². The molecule has 148 valence electrons. The fourth-order valence-corrected chi connectivity index (χ4v) is 3.65. The van der Waals surface area contributed by atoms with Crippen molar-refractivity contribution < 1.29 is 22.4 Å². The van der Waals surface area contributed by atoms with E-state index < -0.39 is 21.7 Å². The predicted octanol–water partition coefficient (Wildman–Crippen LogP) is 4.08. The van der Waals surface area contributed by atoms with E-state index in [9.17, 15) is 22.4 Å². The maximum Gasteiger partial charge on any atom is 0.261 e. The summed E-state index contributed by atoms with van der Waals surface area (Å²) < 4.78 is 40.5. The first-order valence-corrected chi connectivity index (χ1v) is 10.0. The molecule has 0 spiro atoms. The lowest BCUT2D eigenvalue weighted by atomic mass is 10.1. The van der Waals surface area contributed by atoms with Crippen LogP contribution in [0.5, 0.6) is 0 Å². The van der Waals surface area contributed by atoms with Crippen molar-refractivity contribution in [3.63, 3.8) is 0 Å². The topological polar surface area (TPSA) is 92.3 Å². The van der Waals surface area contributed by atoms with Crippen molar-refractivity contribution in [1.82, 2.24) is 0 Å². The Kier molecular flexibility index (Phi) is 5.74. The number of ketones is 1. The van der Waals surface area contributed by atoms with Gasteiger partial charge in [0.1, 0.15) is 5.82 Å². The summed E-state index contributed by atoms with van der Waals surface area (Å²) in [6.45, 7) is 1.44. The molecule has 0 unspecified atom stereocenters. The quantitative estimate of drug-likeness (QED) is 0.597. The number of anilines is 2. The minimum absolute atomic E-state index is 0.0784. The van der Waals surface area contributed by atoms with E-state index in [1.165, 1.54) is 19.1 Å². The number of carbonyl (C=O) groups is 2. The molecule has 0 aliphatic heterocycles. The second-order valence-corrected chi connectivity index (χ2v) is 7.88. The zero-order chi connectivity index (χ0) is 21.0. The second kappa shape index (κ2) is 8.24. The summed E-state index contributed by atoms with van der Waals surface area (Å²) in [6, 6.07) is 16.8. The third kappa shape index (κ3) is 4.85. The molecule has 3 aromatic rings. The monoisotopic (exact) mass is 412 g/mol. The highest BCUT2D eigenvalue weighted by Crippen LogP contribution is 2.22. The Morgan fingerprint density at radius 1 is 0.862 bits per heavy atom. The Morgan fingerprint density at radius 2 is 1.48 bits per heavy atom. The van der Waals surface area contributed by atoms with Crippen LogP contribution in [0.2, 0.25) is 0 Å². The van der Waals surface area contributed by atoms with Crippen LogP contribution in [-0.4, -0.2) is 20.1 Å². The number of sulfonamides is 1. The molecule has 8 heteroatoms. The lowest BCUT2D eigenvalue weighted by molar-refractivity contribution is 0.101. The minimum Gasteiger partial charge on any atom is -0.322 e. The van der Waals surface area contributed by atoms with E-state index in [1.807, 2.05) is 0 Å². The maximum atomic E-state index is 13.1. The number of carbonyl (C=O) groups excluding carboxylic acids is 2. The van der Waals surface area contributed by atoms with Gasteiger partial charge in [-0.2, -0.15) is 0 Å². The molecule has 1 amide bonds. The number of nitrogens with one attached hydrogen (secondary N) is 2. The summed E-state index contributed by atoms with van der Waals surface area (Å²) in [6.07, 6.45) is 0. The molecular weight excluding hydrogens is 395 g/mol. The van der Waals surface area contributed by atoms with Gasteiger partial charge in [-0.15, -0.1) is 0 Å². The molecule has 2 N–H and O–H groups in total. The standard InChI is InChI=1S/C21H17FN2O4S/c1-14(25)15-6-10-17(11-7-15)23-21(26)19-4-2-3-5-20(19)24-29(27,28)18-12-8-16(22)9-13-18/h2-13,24H,1H3,(H,23,26). The summed E-state index contributed by atoms with van der Waals surface area (Å²) in [5, 5.41) is 2.66. The highest BCUT2D eigenvalue weighted by Gasteiger charge is 2.19. The van der Waals surface area contributed by atoms with Crippen LogP contribution >= 0.6 is 0 Å². The summed E-state index contributed by atoms with van der Waals surface area (Å²) in [5.41, 5.74) is 1.15. The SMILES string of the molecule is CC(=O)c1ccc(NC(=O)c2ccccc2NS(=O)(=O)c2ccc(F)cc2)cc1. The lowest BCUT2D eigenvalue weighted by Crippen LogP contribution is -2.18. The molecule has 0 aliphatic rings. The van der Waals surface area contributed by atoms with Crippen LogP contribution in [0.1, 0.15) is 27.6 Å². The third-order valence-electron chi connectivity index (χ3n) is 4.09. The van der Waals surface area contributed by atoms with Gasteiger partial charge in [-0.05, 0) is 67.6 Å². The van der Waals surface area contributed by atoms with Crippen molar-refractivity contribution >= 4 is 33.1 Å². The zero-order valence-electron chi connectivity index (χ0n) is 15.3. The van der Waals surface area contributed by atoms with Crippen LogP contribution < -0.4 is 10.0 Å². The van der Waals surface area contributed by atoms with E-state index in [0.29, 0.717) is 11.3 Å². The maximum absolute atomic E-state index is 13.1. The molecule has 0 aliphatic carbocycles. The van der Waals surface area contributed by atoms with Gasteiger partial charge in [-0.1, -0.05) is 12.1 Å². The van der Waals surface area contributed by atoms with E-state index in [0.717, 1.165) is 24.3 Å². The molecule has 0 saturated carbocycles. The van der Waals surface area contributed by atoms with Gasteiger partial charge >= 0.3 is 0 Å². The van der Waals surface area contributed by atoms with Crippen LogP contribution in [0.3, 0.4) is 0 Å². The molecule has 0 fully saturated rings. The van der Waals surface area contributed by atoms with Gasteiger partial charge in [0.15, 0.2) is 5.78 Å². The molecule has 3 rings (SSSR count). The number of benzene rings is 3. The average Bonchev–Trinajstić information content (AvgIpc) is 2.69. The van der Waals surface area contributed by atoms with Crippen molar-refractivity contribution in [3.8, 4) is 0 Å². The third-order valence-corrected chi connectivity index (χ3v) is 5.47. The molecule has 6 nitrogen and oxygen atoms in total. The minimum atomic E-state index is -4.01. The van der Waals surface area contributed by atoms with Gasteiger partial charge in [-0.3, -0.25) is 14.3 Å². The van der Waals surface area contributed by atoms with Gasteiger partial charge < -0.3 is 5.32 Å². The Bertz CT molecular complexity index is 1160. The molecular formula is C21H17FN2O4S. The Morgan fingerprint density at radius 3 is 2.10 bits per heavy atom. The normalized spacial score (nSPS) is 11.0. The van der Waals surface area contributed by atoms with Gasteiger partial charge in [0.05, 0.1) is 16.1 Å². The summed E-state index contributed by atoms with van der Waals surface area (Å²) in [7, 11) is -4.01. The Balaban J connectivity index is 1.83. The van der Waals surface area contributed by atoms with Crippen molar-refractivity contribution in [2.75, 3.05) is 10.0 Å². The number of Topliss-reactive ketones (excluding diaryl/α,β-unsaturated/α-hetero) is 1. The summed E-state index contributed by atoms with van der Waals surface area (Å²) in [4.78, 5) is 23.9. The van der Waals surface area contributed by atoms with Crippen LogP contribution in [0.4, 0.5) is 15.8 Å². The second-order valence-electron chi connectivity index (χ2n) is 6.19. The van der Waals surface area contributed by atoms with Crippen LogP contribution in [-0.2, 0) is 10.0 Å². The molecule has 29 heavy (non-hydrogen) atoms. The van der Waals surface area contributed by atoms with E-state index >= 15 is 0 Å².